The van der Waals surface area contributed by atoms with Gasteiger partial charge in [-0.25, -0.2) is 9.59 Å². The van der Waals surface area contributed by atoms with E-state index < -0.39 is 55.5 Å². The minimum absolute atomic E-state index is 0.139. The summed E-state index contributed by atoms with van der Waals surface area (Å²) in [4.78, 5) is 24.3. The third kappa shape index (κ3) is 6.58. The number of aliphatic hydroxyl groups excluding tert-OH is 2. The summed E-state index contributed by atoms with van der Waals surface area (Å²) in [6, 6.07) is 13.3. The summed E-state index contributed by atoms with van der Waals surface area (Å²) in [6.07, 6.45) is -5.63. The molecule has 206 valence electrons. The lowest BCUT2D eigenvalue weighted by Crippen LogP contribution is -2.58. The van der Waals surface area contributed by atoms with Crippen molar-refractivity contribution < 1.29 is 48.2 Å². The van der Waals surface area contributed by atoms with Crippen LogP contribution in [0.25, 0.3) is 0 Å². The lowest BCUT2D eigenvalue weighted by molar-refractivity contribution is -0.373. The Morgan fingerprint density at radius 3 is 1.79 bits per heavy atom. The first-order chi connectivity index (χ1) is 18.2. The molecule has 10 nitrogen and oxygen atoms in total. The zero-order valence-corrected chi connectivity index (χ0v) is 21.8. The number of hydrogen-bond acceptors (Lipinski definition) is 10. The highest BCUT2D eigenvalue weighted by Crippen LogP contribution is 2.39. The predicted octanol–water partition coefficient (Wildman–Crippen LogP) is 3.07. The van der Waals surface area contributed by atoms with Crippen LogP contribution in [-0.4, -0.2) is 72.0 Å². The highest BCUT2D eigenvalue weighted by Gasteiger charge is 2.48. The van der Waals surface area contributed by atoms with E-state index >= 15 is 0 Å². The first-order valence-electron chi connectivity index (χ1n) is 12.6. The van der Waals surface area contributed by atoms with Crippen LogP contribution in [0, 0.1) is 0 Å². The van der Waals surface area contributed by atoms with Gasteiger partial charge in [-0.1, -0.05) is 24.3 Å². The molecule has 2 aromatic rings. The van der Waals surface area contributed by atoms with Gasteiger partial charge in [0.15, 0.2) is 12.6 Å². The van der Waals surface area contributed by atoms with E-state index in [1.54, 1.807) is 76.2 Å². The molecule has 2 saturated heterocycles. The number of aliphatic hydroxyl groups is 2. The third-order valence-electron chi connectivity index (χ3n) is 6.05. The van der Waals surface area contributed by atoms with Crippen molar-refractivity contribution in [2.45, 2.75) is 76.9 Å². The third-order valence-corrected chi connectivity index (χ3v) is 6.05. The molecule has 2 heterocycles. The van der Waals surface area contributed by atoms with Crippen molar-refractivity contribution in [3.8, 4) is 0 Å². The first kappa shape index (κ1) is 28.2. The second-order valence-electron chi connectivity index (χ2n) is 9.78. The Labute approximate surface area is 221 Å². The van der Waals surface area contributed by atoms with Crippen LogP contribution >= 0.6 is 0 Å². The Morgan fingerprint density at radius 2 is 1.32 bits per heavy atom. The average Bonchev–Trinajstić information content (AvgIpc) is 2.91. The average molecular weight is 531 g/mol. The van der Waals surface area contributed by atoms with E-state index in [9.17, 15) is 19.8 Å². The summed E-state index contributed by atoms with van der Waals surface area (Å²) >= 11 is 0. The molecule has 38 heavy (non-hydrogen) atoms. The molecule has 2 N–H and O–H groups in total. The molecule has 6 atom stereocenters. The van der Waals surface area contributed by atoms with Crippen LogP contribution in [0.5, 0.6) is 0 Å². The zero-order valence-electron chi connectivity index (χ0n) is 21.8. The molecular weight excluding hydrogens is 496 g/mol. The maximum atomic E-state index is 12.2. The largest absolute Gasteiger partial charge is 0.459 e. The number of carbonyl (C=O) groups excluding carboxylic acids is 2. The van der Waals surface area contributed by atoms with Crippen molar-refractivity contribution >= 4 is 11.9 Å². The molecule has 0 spiro atoms. The molecule has 2 aromatic carbocycles. The lowest BCUT2D eigenvalue weighted by atomic mass is 9.99. The molecular formula is C28H34O10. The number of ether oxygens (including phenoxy) is 6. The molecule has 0 saturated carbocycles. The molecule has 10 heteroatoms. The molecule has 2 unspecified atom stereocenters. The van der Waals surface area contributed by atoms with Gasteiger partial charge in [0.1, 0.15) is 24.4 Å². The van der Waals surface area contributed by atoms with Crippen molar-refractivity contribution in [3.63, 3.8) is 0 Å². The fraction of sp³-hybridized carbons (Fsp3) is 0.500. The van der Waals surface area contributed by atoms with E-state index in [2.05, 4.69) is 0 Å². The van der Waals surface area contributed by atoms with Crippen LogP contribution in [0.3, 0.4) is 0 Å². The summed E-state index contributed by atoms with van der Waals surface area (Å²) in [5.41, 5.74) is 2.07. The fourth-order valence-corrected chi connectivity index (χ4v) is 4.23. The first-order valence-corrected chi connectivity index (χ1v) is 12.6. The second kappa shape index (κ2) is 12.3. The van der Waals surface area contributed by atoms with Gasteiger partial charge in [0.2, 0.25) is 0 Å². The SMILES string of the molecule is CC(C)OC(=O)c1ccc(C2OC[C@@H]3OC(c4ccc(C(=O)OC(C)C)cc4)O[C@H]([C@H](O)CO)[C@@H]3O2)cc1. The van der Waals surface area contributed by atoms with Gasteiger partial charge in [-0.3, -0.25) is 0 Å². The smallest absolute Gasteiger partial charge is 0.338 e. The van der Waals surface area contributed by atoms with Gasteiger partial charge in [-0.2, -0.15) is 0 Å². The van der Waals surface area contributed by atoms with Gasteiger partial charge in [0.05, 0.1) is 36.5 Å². The summed E-state index contributed by atoms with van der Waals surface area (Å²) in [6.45, 7) is 6.71. The maximum absolute atomic E-state index is 12.2. The minimum atomic E-state index is -1.24. The molecule has 4 rings (SSSR count). The molecule has 0 aliphatic carbocycles. The quantitative estimate of drug-likeness (QED) is 0.491. The van der Waals surface area contributed by atoms with Gasteiger partial charge in [0.25, 0.3) is 0 Å². The van der Waals surface area contributed by atoms with Crippen molar-refractivity contribution in [2.75, 3.05) is 13.2 Å². The van der Waals surface area contributed by atoms with Gasteiger partial charge in [-0.05, 0) is 52.0 Å². The molecule has 2 fully saturated rings. The van der Waals surface area contributed by atoms with E-state index in [-0.39, 0.29) is 18.8 Å². The van der Waals surface area contributed by atoms with Crippen LogP contribution < -0.4 is 0 Å². The van der Waals surface area contributed by atoms with E-state index in [0.29, 0.717) is 22.3 Å². The highest BCUT2D eigenvalue weighted by molar-refractivity contribution is 5.90. The van der Waals surface area contributed by atoms with Gasteiger partial charge >= 0.3 is 11.9 Å². The van der Waals surface area contributed by atoms with E-state index in [4.69, 9.17) is 28.4 Å². The Morgan fingerprint density at radius 1 is 0.816 bits per heavy atom. The lowest BCUT2D eigenvalue weighted by Gasteiger charge is -2.47. The molecule has 2 aliphatic rings. The maximum Gasteiger partial charge on any atom is 0.338 e. The molecule has 2 aliphatic heterocycles. The predicted molar refractivity (Wildman–Crippen MR) is 133 cm³/mol. The monoisotopic (exact) mass is 530 g/mol. The fourth-order valence-electron chi connectivity index (χ4n) is 4.23. The van der Waals surface area contributed by atoms with E-state index in [1.807, 2.05) is 0 Å². The zero-order chi connectivity index (χ0) is 27.4. The number of benzene rings is 2. The van der Waals surface area contributed by atoms with Crippen molar-refractivity contribution in [1.82, 2.24) is 0 Å². The molecule has 0 amide bonds. The number of rotatable bonds is 8. The Kier molecular flexibility index (Phi) is 9.14. The van der Waals surface area contributed by atoms with E-state index in [1.165, 1.54) is 0 Å². The summed E-state index contributed by atoms with van der Waals surface area (Å²) in [5, 5.41) is 20.2. The van der Waals surface area contributed by atoms with Gasteiger partial charge in [0, 0.05) is 11.1 Å². The molecule has 0 aromatic heterocycles. The Bertz CT molecular complexity index is 1080. The standard InChI is InChI=1S/C28H34O10/c1-15(2)34-25(31)17-5-9-19(10-6-17)27-33-14-22-24(38-27)23(21(30)13-29)37-28(36-22)20-11-7-18(8-12-20)26(32)35-16(3)4/h5-12,15-16,21-24,27-30H,13-14H2,1-4H3/t21-,22+,23-,24-,27?,28?/m1/s1. The Hall–Kier alpha value is -2.86. The number of esters is 2. The van der Waals surface area contributed by atoms with Crippen LogP contribution in [0.15, 0.2) is 48.5 Å². The normalized spacial score (nSPS) is 26.1. The highest BCUT2D eigenvalue weighted by atomic mass is 16.8. The van der Waals surface area contributed by atoms with E-state index in [0.717, 1.165) is 0 Å². The van der Waals surface area contributed by atoms with Gasteiger partial charge < -0.3 is 38.6 Å². The minimum Gasteiger partial charge on any atom is -0.459 e. The number of hydrogen-bond donors (Lipinski definition) is 2. The van der Waals surface area contributed by atoms with Crippen molar-refractivity contribution in [2.24, 2.45) is 0 Å². The number of carbonyl (C=O) groups is 2. The van der Waals surface area contributed by atoms with Crippen LogP contribution in [-0.2, 0) is 28.4 Å². The number of fused-ring (bicyclic) bond motifs is 1. The van der Waals surface area contributed by atoms with Gasteiger partial charge in [-0.15, -0.1) is 0 Å². The Balaban J connectivity index is 1.46. The molecule has 0 bridgehead atoms. The molecule has 0 radical (unpaired) electrons. The van der Waals surface area contributed by atoms with Crippen LogP contribution in [0.4, 0.5) is 0 Å². The van der Waals surface area contributed by atoms with Crippen molar-refractivity contribution in [3.05, 3.63) is 70.8 Å². The van der Waals surface area contributed by atoms with Crippen LogP contribution in [0.1, 0.15) is 72.1 Å². The van der Waals surface area contributed by atoms with Crippen LogP contribution in [0.2, 0.25) is 0 Å². The summed E-state index contributed by atoms with van der Waals surface area (Å²) in [5.74, 6) is -0.858. The second-order valence-corrected chi connectivity index (χ2v) is 9.78. The van der Waals surface area contributed by atoms with Crippen molar-refractivity contribution in [1.29, 1.82) is 0 Å². The summed E-state index contributed by atoms with van der Waals surface area (Å²) < 4.78 is 34.6. The summed E-state index contributed by atoms with van der Waals surface area (Å²) in [7, 11) is 0. The topological polar surface area (TPSA) is 130 Å².